The minimum Gasteiger partial charge on any atom is -0.504 e. The molecule has 0 fully saturated rings. The van der Waals surface area contributed by atoms with E-state index in [4.69, 9.17) is 31.8 Å². The maximum Gasteiger partial charge on any atom is 0.205 e. The van der Waals surface area contributed by atoms with Gasteiger partial charge in [0.1, 0.15) is 5.75 Å². The Morgan fingerprint density at radius 3 is 2.55 bits per heavy atom. The van der Waals surface area contributed by atoms with Gasteiger partial charge in [-0.25, -0.2) is 4.99 Å². The van der Waals surface area contributed by atoms with Crippen molar-refractivity contribution in [2.75, 3.05) is 14.2 Å². The molecule has 2 rings (SSSR count). The third-order valence-corrected chi connectivity index (χ3v) is 2.93. The number of nitrogens with two attached hydrogens (primary N) is 1. The maximum absolute atomic E-state index is 10.4. The molecule has 0 spiro atoms. The van der Waals surface area contributed by atoms with Crippen molar-refractivity contribution in [1.29, 1.82) is 0 Å². The SMILES string of the molecule is COc1c(C(C)=NC(N)=S)c(O)c(OC)c2occc12. The van der Waals surface area contributed by atoms with Crippen molar-refractivity contribution >= 4 is 34.0 Å². The van der Waals surface area contributed by atoms with Gasteiger partial charge in [-0.2, -0.15) is 0 Å². The lowest BCUT2D eigenvalue weighted by atomic mass is 10.0. The Balaban J connectivity index is 2.88. The van der Waals surface area contributed by atoms with Gasteiger partial charge in [0.05, 0.1) is 37.1 Å². The molecule has 3 N–H and O–H groups in total. The fourth-order valence-corrected chi connectivity index (χ4v) is 2.22. The summed E-state index contributed by atoms with van der Waals surface area (Å²) in [5.74, 6) is 0.493. The number of fused-ring (bicyclic) bond motifs is 1. The third kappa shape index (κ3) is 2.16. The molecule has 0 aliphatic carbocycles. The minimum absolute atomic E-state index is 0.0322. The fraction of sp³-hybridized carbons (Fsp3) is 0.231. The summed E-state index contributed by atoms with van der Waals surface area (Å²) in [4.78, 5) is 3.98. The van der Waals surface area contributed by atoms with E-state index in [1.807, 2.05) is 0 Å². The van der Waals surface area contributed by atoms with E-state index in [0.29, 0.717) is 28.0 Å². The molecule has 0 atom stereocenters. The molecule has 2 aromatic rings. The summed E-state index contributed by atoms with van der Waals surface area (Å²) in [5, 5.41) is 11.0. The summed E-state index contributed by atoms with van der Waals surface area (Å²) >= 11 is 4.75. The van der Waals surface area contributed by atoms with Crippen LogP contribution in [0.15, 0.2) is 21.7 Å². The molecule has 0 bridgehead atoms. The molecule has 7 heteroatoms. The second kappa shape index (κ2) is 5.38. The average molecular weight is 294 g/mol. The molecule has 1 aromatic heterocycles. The highest BCUT2D eigenvalue weighted by atomic mass is 32.1. The molecule has 0 aliphatic rings. The second-order valence-electron chi connectivity index (χ2n) is 3.99. The molecule has 6 nitrogen and oxygen atoms in total. The first kappa shape index (κ1) is 14.1. The van der Waals surface area contributed by atoms with Gasteiger partial charge >= 0.3 is 0 Å². The topological polar surface area (TPSA) is 90.2 Å². The van der Waals surface area contributed by atoms with Crippen LogP contribution in [0.1, 0.15) is 12.5 Å². The van der Waals surface area contributed by atoms with E-state index in [9.17, 15) is 5.11 Å². The minimum atomic E-state index is -0.135. The number of phenols is 1. The van der Waals surface area contributed by atoms with Crippen LogP contribution < -0.4 is 15.2 Å². The van der Waals surface area contributed by atoms with Gasteiger partial charge in [0.25, 0.3) is 0 Å². The molecule has 0 saturated carbocycles. The number of ether oxygens (including phenoxy) is 2. The average Bonchev–Trinajstić information content (AvgIpc) is 2.85. The van der Waals surface area contributed by atoms with Crippen molar-refractivity contribution in [3.05, 3.63) is 17.9 Å². The van der Waals surface area contributed by atoms with E-state index < -0.39 is 0 Å². The zero-order chi connectivity index (χ0) is 14.9. The molecular weight excluding hydrogens is 280 g/mol. The van der Waals surface area contributed by atoms with Crippen LogP contribution in [0.5, 0.6) is 17.2 Å². The van der Waals surface area contributed by atoms with Crippen molar-refractivity contribution in [2.45, 2.75) is 6.92 Å². The summed E-state index contributed by atoms with van der Waals surface area (Å²) in [7, 11) is 2.93. The highest BCUT2D eigenvalue weighted by molar-refractivity contribution is 7.80. The predicted octanol–water partition coefficient (Wildman–Crippen LogP) is 2.21. The van der Waals surface area contributed by atoms with Gasteiger partial charge in [-0.3, -0.25) is 0 Å². The molecule has 0 amide bonds. The van der Waals surface area contributed by atoms with Crippen molar-refractivity contribution in [3.63, 3.8) is 0 Å². The highest BCUT2D eigenvalue weighted by Crippen LogP contribution is 2.45. The van der Waals surface area contributed by atoms with Gasteiger partial charge in [0, 0.05) is 0 Å². The zero-order valence-electron chi connectivity index (χ0n) is 11.3. The van der Waals surface area contributed by atoms with Crippen LogP contribution in [0.4, 0.5) is 0 Å². The normalized spacial score (nSPS) is 11.7. The lowest BCUT2D eigenvalue weighted by Gasteiger charge is -2.14. The number of phenolic OH excluding ortho intramolecular Hbond substituents is 1. The standard InChI is InChI=1S/C13H14N2O4S/c1-6(15-13(14)20)8-9(16)12(18-3)11-7(4-5-19-11)10(8)17-2/h4-5,16H,1-3H3,(H2,14,20). The van der Waals surface area contributed by atoms with Crippen molar-refractivity contribution in [3.8, 4) is 17.2 Å². The summed E-state index contributed by atoms with van der Waals surface area (Å²) in [6.07, 6.45) is 1.49. The lowest BCUT2D eigenvalue weighted by molar-refractivity contribution is 0.364. The zero-order valence-corrected chi connectivity index (χ0v) is 12.1. The van der Waals surface area contributed by atoms with Crippen LogP contribution >= 0.6 is 12.2 Å². The smallest absolute Gasteiger partial charge is 0.205 e. The highest BCUT2D eigenvalue weighted by Gasteiger charge is 2.24. The fourth-order valence-electron chi connectivity index (χ4n) is 2.09. The number of aromatic hydroxyl groups is 1. The molecular formula is C13H14N2O4S. The van der Waals surface area contributed by atoms with Crippen LogP contribution in [0.2, 0.25) is 0 Å². The summed E-state index contributed by atoms with van der Waals surface area (Å²) in [6, 6.07) is 1.72. The Labute approximate surface area is 120 Å². The summed E-state index contributed by atoms with van der Waals surface area (Å²) in [5.41, 5.74) is 6.60. The number of hydrogen-bond acceptors (Lipinski definition) is 5. The Hall–Kier alpha value is -2.28. The number of furan rings is 1. The number of hydrogen-bond donors (Lipinski definition) is 2. The number of methoxy groups -OCH3 is 2. The Morgan fingerprint density at radius 2 is 2.00 bits per heavy atom. The Kier molecular flexibility index (Phi) is 3.80. The van der Waals surface area contributed by atoms with E-state index in [1.54, 1.807) is 13.0 Å². The van der Waals surface area contributed by atoms with Gasteiger partial charge in [0.2, 0.25) is 5.75 Å². The Morgan fingerprint density at radius 1 is 1.35 bits per heavy atom. The number of rotatable bonds is 3. The van der Waals surface area contributed by atoms with Crippen LogP contribution in [0, 0.1) is 0 Å². The first-order valence-electron chi connectivity index (χ1n) is 5.70. The lowest BCUT2D eigenvalue weighted by Crippen LogP contribution is -2.09. The molecule has 0 aliphatic heterocycles. The van der Waals surface area contributed by atoms with Crippen LogP contribution in [-0.2, 0) is 0 Å². The van der Waals surface area contributed by atoms with Crippen molar-refractivity contribution < 1.29 is 19.0 Å². The van der Waals surface area contributed by atoms with Gasteiger partial charge in [-0.1, -0.05) is 0 Å². The third-order valence-electron chi connectivity index (χ3n) is 2.84. The van der Waals surface area contributed by atoms with E-state index >= 15 is 0 Å². The van der Waals surface area contributed by atoms with Crippen LogP contribution in [-0.4, -0.2) is 30.2 Å². The summed E-state index contributed by atoms with van der Waals surface area (Å²) < 4.78 is 15.9. The molecule has 0 radical (unpaired) electrons. The maximum atomic E-state index is 10.4. The van der Waals surface area contributed by atoms with E-state index in [1.165, 1.54) is 20.5 Å². The number of aliphatic imine (C=N–C) groups is 1. The van der Waals surface area contributed by atoms with E-state index in [-0.39, 0.29) is 16.6 Å². The molecule has 106 valence electrons. The van der Waals surface area contributed by atoms with Gasteiger partial charge in [-0.05, 0) is 25.2 Å². The summed E-state index contributed by atoms with van der Waals surface area (Å²) in [6.45, 7) is 1.67. The van der Waals surface area contributed by atoms with E-state index in [0.717, 1.165) is 0 Å². The van der Waals surface area contributed by atoms with E-state index in [2.05, 4.69) is 4.99 Å². The predicted molar refractivity (Wildman–Crippen MR) is 80.0 cm³/mol. The molecule has 1 aromatic carbocycles. The van der Waals surface area contributed by atoms with Crippen molar-refractivity contribution in [1.82, 2.24) is 0 Å². The molecule has 0 saturated heterocycles. The number of nitrogens with zero attached hydrogens (tertiary/aromatic N) is 1. The number of thiocarbonyl (C=S) groups is 1. The first-order chi connectivity index (χ1) is 9.51. The molecule has 0 unspecified atom stereocenters. The van der Waals surface area contributed by atoms with Crippen LogP contribution in [0.3, 0.4) is 0 Å². The molecule has 1 heterocycles. The first-order valence-corrected chi connectivity index (χ1v) is 6.11. The van der Waals surface area contributed by atoms with Crippen LogP contribution in [0.25, 0.3) is 11.0 Å². The van der Waals surface area contributed by atoms with Gasteiger partial charge in [-0.15, -0.1) is 0 Å². The number of benzene rings is 1. The second-order valence-corrected chi connectivity index (χ2v) is 4.41. The van der Waals surface area contributed by atoms with Gasteiger partial charge in [0.15, 0.2) is 16.4 Å². The largest absolute Gasteiger partial charge is 0.504 e. The van der Waals surface area contributed by atoms with Crippen molar-refractivity contribution in [2.24, 2.45) is 10.7 Å². The van der Waals surface area contributed by atoms with Gasteiger partial charge < -0.3 is 24.7 Å². The monoisotopic (exact) mass is 294 g/mol. The quantitative estimate of drug-likeness (QED) is 0.666. The Bertz CT molecular complexity index is 706. The molecule has 20 heavy (non-hydrogen) atoms.